The molecule has 0 bridgehead atoms. The Labute approximate surface area is 168 Å². The Morgan fingerprint density at radius 2 is 1.93 bits per heavy atom. The monoisotopic (exact) mass is 376 g/mol. The van der Waals surface area contributed by atoms with E-state index in [1.165, 1.54) is 11.1 Å². The van der Waals surface area contributed by atoms with Crippen LogP contribution in [-0.4, -0.2) is 9.55 Å². The molecule has 2 aromatic rings. The molecule has 0 unspecified atom stereocenters. The Bertz CT molecular complexity index is 935. The minimum absolute atomic E-state index is 0.150. The third kappa shape index (κ3) is 4.35. The lowest BCUT2D eigenvalue weighted by Gasteiger charge is -2.17. The highest BCUT2D eigenvalue weighted by molar-refractivity contribution is 5.71. The van der Waals surface area contributed by atoms with Crippen LogP contribution in [0, 0.1) is 6.92 Å². The highest BCUT2D eigenvalue weighted by Gasteiger charge is 2.21. The van der Waals surface area contributed by atoms with Crippen LogP contribution in [0.4, 0.5) is 0 Å². The van der Waals surface area contributed by atoms with Crippen molar-refractivity contribution in [2.45, 2.75) is 72.3 Å². The number of hydrogen-bond acceptors (Lipinski definition) is 2. The summed E-state index contributed by atoms with van der Waals surface area (Å²) in [5.41, 5.74) is 6.73. The van der Waals surface area contributed by atoms with Gasteiger partial charge in [0.05, 0.1) is 11.3 Å². The van der Waals surface area contributed by atoms with E-state index >= 15 is 0 Å². The number of allylic oxidation sites excluding steroid dienone is 3. The lowest BCUT2D eigenvalue weighted by Crippen LogP contribution is -2.29. The molecule has 0 N–H and O–H groups in total. The van der Waals surface area contributed by atoms with Gasteiger partial charge in [-0.25, -0.2) is 4.98 Å². The summed E-state index contributed by atoms with van der Waals surface area (Å²) in [6, 6.07) is 10.3. The molecule has 0 radical (unpaired) electrons. The van der Waals surface area contributed by atoms with E-state index in [1.807, 2.05) is 29.7 Å². The zero-order valence-corrected chi connectivity index (χ0v) is 17.6. The lowest BCUT2D eigenvalue weighted by atomic mass is 10.0. The lowest BCUT2D eigenvalue weighted by molar-refractivity contribution is 0.565. The van der Waals surface area contributed by atoms with E-state index < -0.39 is 0 Å². The predicted molar refractivity (Wildman–Crippen MR) is 118 cm³/mol. The van der Waals surface area contributed by atoms with Crippen LogP contribution in [0.3, 0.4) is 0 Å². The second kappa shape index (κ2) is 9.18. The molecule has 0 saturated heterocycles. The van der Waals surface area contributed by atoms with Crippen LogP contribution in [0.15, 0.2) is 47.3 Å². The summed E-state index contributed by atoms with van der Waals surface area (Å²) >= 11 is 0. The van der Waals surface area contributed by atoms with Crippen molar-refractivity contribution in [3.63, 3.8) is 0 Å². The fourth-order valence-electron chi connectivity index (χ4n) is 4.12. The molecule has 3 rings (SSSR count). The normalized spacial score (nSPS) is 14.0. The van der Waals surface area contributed by atoms with Gasteiger partial charge >= 0.3 is 0 Å². The SMILES string of the molecule is C=C(CCc1nc(C)c(C2=C(C)CCC2)c(=O)n1CCCC)c1ccccc1. The van der Waals surface area contributed by atoms with Crippen LogP contribution in [-0.2, 0) is 13.0 Å². The molecular weight excluding hydrogens is 344 g/mol. The molecule has 3 nitrogen and oxygen atoms in total. The van der Waals surface area contributed by atoms with Gasteiger partial charge in [-0.15, -0.1) is 0 Å². The van der Waals surface area contributed by atoms with E-state index in [9.17, 15) is 4.79 Å². The van der Waals surface area contributed by atoms with Gasteiger partial charge in [0, 0.05) is 13.0 Å². The van der Waals surface area contributed by atoms with Gasteiger partial charge < -0.3 is 0 Å². The van der Waals surface area contributed by atoms with Crippen molar-refractivity contribution in [1.82, 2.24) is 9.55 Å². The molecule has 28 heavy (non-hydrogen) atoms. The Balaban J connectivity index is 1.93. The number of rotatable bonds is 8. The minimum atomic E-state index is 0.150. The van der Waals surface area contributed by atoms with Crippen LogP contribution in [0.25, 0.3) is 11.1 Å². The number of aryl methyl sites for hydroxylation is 2. The molecular formula is C25H32N2O. The van der Waals surface area contributed by atoms with Gasteiger partial charge in [-0.1, -0.05) is 55.8 Å². The highest BCUT2D eigenvalue weighted by Crippen LogP contribution is 2.33. The van der Waals surface area contributed by atoms with Gasteiger partial charge in [-0.05, 0) is 62.7 Å². The Kier molecular flexibility index (Phi) is 6.66. The van der Waals surface area contributed by atoms with Crippen molar-refractivity contribution in [2.24, 2.45) is 0 Å². The third-order valence-corrected chi connectivity index (χ3v) is 5.79. The predicted octanol–water partition coefficient (Wildman–Crippen LogP) is 5.96. The van der Waals surface area contributed by atoms with E-state index in [2.05, 4.69) is 32.6 Å². The summed E-state index contributed by atoms with van der Waals surface area (Å²) in [5.74, 6) is 0.896. The number of aromatic nitrogens is 2. The highest BCUT2D eigenvalue weighted by atomic mass is 16.1. The van der Waals surface area contributed by atoms with Crippen molar-refractivity contribution in [2.75, 3.05) is 0 Å². The zero-order chi connectivity index (χ0) is 20.1. The first-order valence-corrected chi connectivity index (χ1v) is 10.6. The maximum atomic E-state index is 13.4. The van der Waals surface area contributed by atoms with E-state index in [-0.39, 0.29) is 5.56 Å². The van der Waals surface area contributed by atoms with Gasteiger partial charge in [0.15, 0.2) is 0 Å². The van der Waals surface area contributed by atoms with E-state index in [1.54, 1.807) is 0 Å². The summed E-state index contributed by atoms with van der Waals surface area (Å²) in [6.07, 6.45) is 6.86. The second-order valence-corrected chi connectivity index (χ2v) is 7.88. The topological polar surface area (TPSA) is 34.9 Å². The minimum Gasteiger partial charge on any atom is -0.296 e. The maximum Gasteiger partial charge on any atom is 0.261 e. The number of hydrogen-bond donors (Lipinski definition) is 0. The summed E-state index contributed by atoms with van der Waals surface area (Å²) in [5, 5.41) is 0. The Hall–Kier alpha value is -2.42. The van der Waals surface area contributed by atoms with Gasteiger partial charge in [-0.3, -0.25) is 9.36 Å². The fourth-order valence-corrected chi connectivity index (χ4v) is 4.12. The molecule has 0 saturated carbocycles. The first kappa shape index (κ1) is 20.3. The van der Waals surface area contributed by atoms with Gasteiger partial charge in [0.25, 0.3) is 5.56 Å². The standard InChI is InChI=1S/C25H32N2O/c1-5-6-17-27-23(16-15-18(2)21-12-8-7-9-13-21)26-20(4)24(25(27)28)22-14-10-11-19(22)3/h7-9,12-13H,2,5-6,10-11,14-17H2,1,3-4H3. The quantitative estimate of drug-likeness (QED) is 0.570. The molecule has 1 aliphatic carbocycles. The third-order valence-electron chi connectivity index (χ3n) is 5.79. The Morgan fingerprint density at radius 3 is 2.57 bits per heavy atom. The summed E-state index contributed by atoms with van der Waals surface area (Å²) in [7, 11) is 0. The van der Waals surface area contributed by atoms with Crippen molar-refractivity contribution in [3.05, 3.63) is 75.5 Å². The van der Waals surface area contributed by atoms with E-state index in [4.69, 9.17) is 4.98 Å². The molecule has 3 heteroatoms. The van der Waals surface area contributed by atoms with Gasteiger partial charge in [0.2, 0.25) is 0 Å². The molecule has 1 heterocycles. The number of unbranched alkanes of at least 4 members (excludes halogenated alkanes) is 1. The molecule has 0 amide bonds. The summed E-state index contributed by atoms with van der Waals surface area (Å²) in [4.78, 5) is 18.3. The van der Waals surface area contributed by atoms with Crippen LogP contribution >= 0.6 is 0 Å². The second-order valence-electron chi connectivity index (χ2n) is 7.88. The van der Waals surface area contributed by atoms with Crippen molar-refractivity contribution in [3.8, 4) is 0 Å². The average Bonchev–Trinajstić information content (AvgIpc) is 3.11. The maximum absolute atomic E-state index is 13.4. The summed E-state index contributed by atoms with van der Waals surface area (Å²) in [6.45, 7) is 11.3. The largest absolute Gasteiger partial charge is 0.296 e. The van der Waals surface area contributed by atoms with Gasteiger partial charge in [0.1, 0.15) is 5.82 Å². The molecule has 0 atom stereocenters. The molecule has 1 aromatic carbocycles. The van der Waals surface area contributed by atoms with Crippen LogP contribution < -0.4 is 5.56 Å². The first-order valence-electron chi connectivity index (χ1n) is 10.6. The molecule has 0 spiro atoms. The molecule has 1 aromatic heterocycles. The zero-order valence-electron chi connectivity index (χ0n) is 17.6. The average molecular weight is 377 g/mol. The van der Waals surface area contributed by atoms with Crippen LogP contribution in [0.2, 0.25) is 0 Å². The fraction of sp³-hybridized carbons (Fsp3) is 0.440. The number of nitrogens with zero attached hydrogens (tertiary/aromatic N) is 2. The molecule has 0 fully saturated rings. The van der Waals surface area contributed by atoms with E-state index in [0.717, 1.165) is 79.7 Å². The smallest absolute Gasteiger partial charge is 0.261 e. The van der Waals surface area contributed by atoms with E-state index in [0.29, 0.717) is 0 Å². The van der Waals surface area contributed by atoms with Crippen molar-refractivity contribution in [1.29, 1.82) is 0 Å². The van der Waals surface area contributed by atoms with Crippen molar-refractivity contribution < 1.29 is 0 Å². The molecule has 148 valence electrons. The van der Waals surface area contributed by atoms with Crippen molar-refractivity contribution >= 4 is 11.1 Å². The van der Waals surface area contributed by atoms with Crippen LogP contribution in [0.5, 0.6) is 0 Å². The number of benzene rings is 1. The molecule has 0 aliphatic heterocycles. The summed E-state index contributed by atoms with van der Waals surface area (Å²) < 4.78 is 1.93. The Morgan fingerprint density at radius 1 is 1.18 bits per heavy atom. The van der Waals surface area contributed by atoms with Crippen LogP contribution in [0.1, 0.15) is 75.0 Å². The first-order chi connectivity index (χ1) is 13.5. The molecule has 1 aliphatic rings. The van der Waals surface area contributed by atoms with Gasteiger partial charge in [-0.2, -0.15) is 0 Å².